The van der Waals surface area contributed by atoms with Crippen molar-refractivity contribution in [3.8, 4) is 0 Å². The van der Waals surface area contributed by atoms with Gasteiger partial charge in [-0.05, 0) is 5.56 Å². The van der Waals surface area contributed by atoms with E-state index in [9.17, 15) is 5.11 Å². The van der Waals surface area contributed by atoms with Gasteiger partial charge in [-0.1, -0.05) is 30.3 Å². The molecule has 0 aliphatic heterocycles. The summed E-state index contributed by atoms with van der Waals surface area (Å²) in [5.41, 5.74) is 2.38. The van der Waals surface area contributed by atoms with Gasteiger partial charge in [0.1, 0.15) is 23.8 Å². The van der Waals surface area contributed by atoms with Crippen molar-refractivity contribution in [3.05, 3.63) is 54.2 Å². The molecule has 90 valence electrons. The van der Waals surface area contributed by atoms with Gasteiger partial charge in [-0.15, -0.1) is 0 Å². The summed E-state index contributed by atoms with van der Waals surface area (Å²) in [5, 5.41) is 10.1. The van der Waals surface area contributed by atoms with Gasteiger partial charge in [-0.3, -0.25) is 0 Å². The minimum Gasteiger partial charge on any atom is -0.385 e. The second-order valence-electron chi connectivity index (χ2n) is 4.09. The van der Waals surface area contributed by atoms with Gasteiger partial charge in [0.05, 0.1) is 6.20 Å². The Labute approximate surface area is 104 Å². The molecule has 18 heavy (non-hydrogen) atoms. The van der Waals surface area contributed by atoms with Crippen molar-refractivity contribution < 1.29 is 5.11 Å². The normalized spacial score (nSPS) is 12.7. The lowest BCUT2D eigenvalue weighted by Crippen LogP contribution is -2.03. The Morgan fingerprint density at radius 2 is 2.06 bits per heavy atom. The zero-order valence-electron chi connectivity index (χ0n) is 9.61. The molecule has 0 amide bonds. The molecule has 0 bridgehead atoms. The maximum absolute atomic E-state index is 10.1. The summed E-state index contributed by atoms with van der Waals surface area (Å²) >= 11 is 0. The molecule has 0 spiro atoms. The van der Waals surface area contributed by atoms with E-state index in [-0.39, 0.29) is 0 Å². The molecule has 0 aliphatic carbocycles. The van der Waals surface area contributed by atoms with Crippen LogP contribution in [0.15, 0.2) is 42.9 Å². The lowest BCUT2D eigenvalue weighted by Gasteiger charge is -2.06. The molecule has 3 rings (SSSR count). The first-order valence-electron chi connectivity index (χ1n) is 5.70. The number of nitrogens with one attached hydrogen (secondary N) is 1. The SMILES string of the molecule is OC(Cc1ccccc1)c1nc2ncncc2[nH]1. The molecule has 1 atom stereocenters. The first-order chi connectivity index (χ1) is 8.83. The number of benzene rings is 1. The number of aliphatic hydroxyl groups excluding tert-OH is 1. The van der Waals surface area contributed by atoms with Crippen LogP contribution in [-0.2, 0) is 6.42 Å². The van der Waals surface area contributed by atoms with Gasteiger partial charge >= 0.3 is 0 Å². The predicted octanol–water partition coefficient (Wildman–Crippen LogP) is 1.63. The minimum absolute atomic E-state index is 0.522. The molecular weight excluding hydrogens is 228 g/mol. The highest BCUT2D eigenvalue weighted by Crippen LogP contribution is 2.17. The summed E-state index contributed by atoms with van der Waals surface area (Å²) in [6.45, 7) is 0. The fourth-order valence-corrected chi connectivity index (χ4v) is 1.87. The van der Waals surface area contributed by atoms with Gasteiger partial charge < -0.3 is 10.1 Å². The molecule has 0 radical (unpaired) electrons. The number of aliphatic hydroxyl groups is 1. The molecule has 1 unspecified atom stereocenters. The first kappa shape index (κ1) is 10.9. The van der Waals surface area contributed by atoms with Crippen molar-refractivity contribution in [1.29, 1.82) is 0 Å². The van der Waals surface area contributed by atoms with Crippen LogP contribution in [0.5, 0.6) is 0 Å². The quantitative estimate of drug-likeness (QED) is 0.729. The Morgan fingerprint density at radius 3 is 2.83 bits per heavy atom. The molecule has 2 heterocycles. The smallest absolute Gasteiger partial charge is 0.180 e. The van der Waals surface area contributed by atoms with E-state index in [1.54, 1.807) is 6.20 Å². The summed E-state index contributed by atoms with van der Waals surface area (Å²) in [6, 6.07) is 9.81. The predicted molar refractivity (Wildman–Crippen MR) is 66.8 cm³/mol. The fraction of sp³-hybridized carbons (Fsp3) is 0.154. The summed E-state index contributed by atoms with van der Waals surface area (Å²) in [6.07, 6.45) is 2.94. The van der Waals surface area contributed by atoms with Crippen LogP contribution < -0.4 is 0 Å². The van der Waals surface area contributed by atoms with Gasteiger partial charge in [-0.2, -0.15) is 0 Å². The van der Waals surface area contributed by atoms with Crippen LogP contribution in [0.3, 0.4) is 0 Å². The highest BCUT2D eigenvalue weighted by molar-refractivity contribution is 5.68. The van der Waals surface area contributed by atoms with Crippen LogP contribution in [-0.4, -0.2) is 25.0 Å². The van der Waals surface area contributed by atoms with E-state index in [2.05, 4.69) is 19.9 Å². The van der Waals surface area contributed by atoms with E-state index in [4.69, 9.17) is 0 Å². The third kappa shape index (κ3) is 2.08. The standard InChI is InChI=1S/C13H12N4O/c18-11(6-9-4-2-1-3-5-9)13-16-10-7-14-8-15-12(10)17-13/h1-5,7-8,11,18H,6H2,(H,14,15,16,17). The van der Waals surface area contributed by atoms with Crippen molar-refractivity contribution in [1.82, 2.24) is 19.9 Å². The Balaban J connectivity index is 1.86. The van der Waals surface area contributed by atoms with E-state index in [1.165, 1.54) is 6.33 Å². The van der Waals surface area contributed by atoms with Gasteiger partial charge in [0.25, 0.3) is 0 Å². The maximum Gasteiger partial charge on any atom is 0.180 e. The topological polar surface area (TPSA) is 74.7 Å². The summed E-state index contributed by atoms with van der Waals surface area (Å²) in [4.78, 5) is 15.2. The molecule has 1 aromatic carbocycles. The lowest BCUT2D eigenvalue weighted by molar-refractivity contribution is 0.169. The van der Waals surface area contributed by atoms with E-state index in [1.807, 2.05) is 30.3 Å². The van der Waals surface area contributed by atoms with Crippen molar-refractivity contribution in [2.24, 2.45) is 0 Å². The summed E-state index contributed by atoms with van der Waals surface area (Å²) in [5.74, 6) is 0.523. The zero-order valence-corrected chi connectivity index (χ0v) is 9.61. The number of hydrogen-bond donors (Lipinski definition) is 2. The molecule has 0 fully saturated rings. The van der Waals surface area contributed by atoms with E-state index in [0.29, 0.717) is 17.9 Å². The second kappa shape index (κ2) is 4.54. The molecular formula is C13H12N4O. The molecule has 0 aliphatic rings. The van der Waals surface area contributed by atoms with E-state index in [0.717, 1.165) is 11.1 Å². The molecule has 0 saturated carbocycles. The summed E-state index contributed by atoms with van der Waals surface area (Å²) in [7, 11) is 0. The van der Waals surface area contributed by atoms with Crippen molar-refractivity contribution in [2.75, 3.05) is 0 Å². The van der Waals surface area contributed by atoms with Gasteiger partial charge in [-0.25, -0.2) is 15.0 Å². The van der Waals surface area contributed by atoms with Crippen LogP contribution in [0.1, 0.15) is 17.5 Å². The van der Waals surface area contributed by atoms with Crippen molar-refractivity contribution in [2.45, 2.75) is 12.5 Å². The van der Waals surface area contributed by atoms with Crippen LogP contribution in [0, 0.1) is 0 Å². The Morgan fingerprint density at radius 1 is 1.22 bits per heavy atom. The second-order valence-corrected chi connectivity index (χ2v) is 4.09. The van der Waals surface area contributed by atoms with Crippen molar-refractivity contribution in [3.63, 3.8) is 0 Å². The average molecular weight is 240 g/mol. The van der Waals surface area contributed by atoms with Crippen LogP contribution in [0.25, 0.3) is 11.2 Å². The van der Waals surface area contributed by atoms with Crippen LogP contribution >= 0.6 is 0 Å². The van der Waals surface area contributed by atoms with E-state index >= 15 is 0 Å². The zero-order chi connectivity index (χ0) is 12.4. The van der Waals surface area contributed by atoms with Gasteiger partial charge in [0.2, 0.25) is 0 Å². The van der Waals surface area contributed by atoms with Crippen LogP contribution in [0.2, 0.25) is 0 Å². The Kier molecular flexibility index (Phi) is 2.74. The van der Waals surface area contributed by atoms with Gasteiger partial charge in [0, 0.05) is 6.42 Å². The third-order valence-corrected chi connectivity index (χ3v) is 2.77. The molecule has 2 aromatic heterocycles. The van der Waals surface area contributed by atoms with Crippen LogP contribution in [0.4, 0.5) is 0 Å². The number of rotatable bonds is 3. The first-order valence-corrected chi connectivity index (χ1v) is 5.70. The number of nitrogens with zero attached hydrogens (tertiary/aromatic N) is 3. The molecule has 2 N–H and O–H groups in total. The minimum atomic E-state index is -0.665. The number of fused-ring (bicyclic) bond motifs is 1. The number of H-pyrrole nitrogens is 1. The molecule has 5 heteroatoms. The molecule has 0 saturated heterocycles. The highest BCUT2D eigenvalue weighted by Gasteiger charge is 2.13. The number of imidazole rings is 1. The Hall–Kier alpha value is -2.27. The Bertz CT molecular complexity index is 617. The van der Waals surface area contributed by atoms with E-state index < -0.39 is 6.10 Å². The third-order valence-electron chi connectivity index (χ3n) is 2.77. The molecule has 3 aromatic rings. The largest absolute Gasteiger partial charge is 0.385 e. The number of aromatic amines is 1. The fourth-order valence-electron chi connectivity index (χ4n) is 1.87. The number of hydrogen-bond acceptors (Lipinski definition) is 4. The molecule has 5 nitrogen and oxygen atoms in total. The van der Waals surface area contributed by atoms with Crippen molar-refractivity contribution >= 4 is 11.2 Å². The monoisotopic (exact) mass is 240 g/mol. The summed E-state index contributed by atoms with van der Waals surface area (Å²) < 4.78 is 0. The highest BCUT2D eigenvalue weighted by atomic mass is 16.3. The maximum atomic E-state index is 10.1. The lowest BCUT2D eigenvalue weighted by atomic mass is 10.1. The average Bonchev–Trinajstić information content (AvgIpc) is 2.84. The number of aromatic nitrogens is 4. The van der Waals surface area contributed by atoms with Gasteiger partial charge in [0.15, 0.2) is 5.65 Å².